The molecule has 0 spiro atoms. The maximum absolute atomic E-state index is 14.4. The van der Waals surface area contributed by atoms with E-state index < -0.39 is 8.57 Å². The van der Waals surface area contributed by atoms with Gasteiger partial charge in [-0.3, -0.25) is 8.78 Å². The summed E-state index contributed by atoms with van der Waals surface area (Å²) >= 11 is 0. The maximum Gasteiger partial charge on any atom is 0.363 e. The van der Waals surface area contributed by atoms with Gasteiger partial charge < -0.3 is 0 Å². The summed E-state index contributed by atoms with van der Waals surface area (Å²) in [5.41, 5.74) is 1.71. The van der Waals surface area contributed by atoms with Crippen LogP contribution in [0.1, 0.15) is 27.7 Å². The highest BCUT2D eigenvalue weighted by Crippen LogP contribution is 2.25. The van der Waals surface area contributed by atoms with Crippen LogP contribution in [0.25, 0.3) is 0 Å². The topological polar surface area (TPSA) is 15.6 Å². The van der Waals surface area contributed by atoms with Crippen molar-refractivity contribution in [3.63, 3.8) is 0 Å². The Kier molecular flexibility index (Phi) is 4.32. The van der Waals surface area contributed by atoms with E-state index in [1.165, 1.54) is 0 Å². The van der Waals surface area contributed by atoms with Gasteiger partial charge in [-0.05, 0) is 32.2 Å². The molecule has 0 amide bonds. The van der Waals surface area contributed by atoms with Gasteiger partial charge in [-0.15, -0.1) is 0 Å². The first kappa shape index (κ1) is 14.9. The van der Waals surface area contributed by atoms with Crippen molar-refractivity contribution in [1.82, 2.24) is 0 Å². The smallest absolute Gasteiger partial charge is 0.284 e. The second-order valence-electron chi connectivity index (χ2n) is 5.99. The van der Waals surface area contributed by atoms with Gasteiger partial charge in [-0.25, -0.2) is 0 Å². The summed E-state index contributed by atoms with van der Waals surface area (Å²) in [5, 5.41) is 4.53. The molecule has 0 saturated heterocycles. The molecule has 1 aromatic carbocycles. The number of halogens is 1. The summed E-state index contributed by atoms with van der Waals surface area (Å²) in [7, 11) is -3.02. The third-order valence-corrected chi connectivity index (χ3v) is 4.21. The monoisotopic (exact) mass is 266 g/mol. The van der Waals surface area contributed by atoms with Crippen LogP contribution in [0.15, 0.2) is 35.4 Å². The van der Waals surface area contributed by atoms with Gasteiger partial charge in [0.1, 0.15) is 0 Å². The van der Waals surface area contributed by atoms with E-state index in [0.717, 1.165) is 11.4 Å². The van der Waals surface area contributed by atoms with E-state index in [-0.39, 0.29) is 5.41 Å². The van der Waals surface area contributed by atoms with E-state index in [4.69, 9.17) is 0 Å². The number of benzene rings is 1. The molecule has 0 aliphatic carbocycles. The summed E-state index contributed by atoms with van der Waals surface area (Å²) in [6.07, 6.45) is 0. The molecule has 0 atom stereocenters. The van der Waals surface area contributed by atoms with Crippen LogP contribution in [0.3, 0.4) is 0 Å². The molecule has 1 rings (SSSR count). The lowest BCUT2D eigenvalue weighted by atomic mass is 9.91. The summed E-state index contributed by atoms with van der Waals surface area (Å²) in [5.74, 6) is 0. The number of nitrogens with zero attached hydrogens (tertiary/aromatic N) is 2. The zero-order chi connectivity index (χ0) is 14.0. The first-order chi connectivity index (χ1) is 8.12. The van der Waals surface area contributed by atoms with E-state index >= 15 is 0 Å². The second-order valence-corrected chi connectivity index (χ2v) is 9.24. The summed E-state index contributed by atoms with van der Waals surface area (Å²) in [6.45, 7) is 11.5. The van der Waals surface area contributed by atoms with Gasteiger partial charge in [0.25, 0.3) is 0 Å². The quantitative estimate of drug-likeness (QED) is 0.338. The minimum Gasteiger partial charge on any atom is -0.284 e. The highest BCUT2D eigenvalue weighted by atomic mass is 28.4. The first-order valence-corrected chi connectivity index (χ1v) is 9.05. The van der Waals surface area contributed by atoms with Gasteiger partial charge in [-0.1, -0.05) is 39.0 Å². The zero-order valence-corrected chi connectivity index (χ0v) is 13.2. The van der Waals surface area contributed by atoms with Gasteiger partial charge in [0.05, 0.1) is 5.69 Å². The van der Waals surface area contributed by atoms with E-state index in [2.05, 4.69) is 25.9 Å². The van der Waals surface area contributed by atoms with Crippen molar-refractivity contribution in [3.8, 4) is 0 Å². The Morgan fingerprint density at radius 1 is 1.17 bits per heavy atom. The van der Waals surface area contributed by atoms with Gasteiger partial charge in [-0.2, -0.15) is 5.10 Å². The highest BCUT2D eigenvalue weighted by Gasteiger charge is 2.32. The molecule has 1 aromatic rings. The van der Waals surface area contributed by atoms with Crippen LogP contribution >= 0.6 is 0 Å². The minimum absolute atomic E-state index is 0.0489. The molecule has 100 valence electrons. The van der Waals surface area contributed by atoms with Gasteiger partial charge in [0.15, 0.2) is 0 Å². The third kappa shape index (κ3) is 3.94. The van der Waals surface area contributed by atoms with Crippen LogP contribution in [0.4, 0.5) is 9.80 Å². The molecule has 0 unspecified atom stereocenters. The van der Waals surface area contributed by atoms with Crippen molar-refractivity contribution >= 4 is 20.0 Å². The fraction of sp³-hybridized carbons (Fsp3) is 0.500. The molecule has 0 N–H and O–H groups in total. The Morgan fingerprint density at radius 2 is 1.67 bits per heavy atom. The van der Waals surface area contributed by atoms with E-state index in [1.807, 2.05) is 37.3 Å². The van der Waals surface area contributed by atoms with Crippen molar-refractivity contribution in [2.75, 3.05) is 4.67 Å². The molecule has 2 nitrogen and oxygen atoms in total. The fourth-order valence-electron chi connectivity index (χ4n) is 1.35. The highest BCUT2D eigenvalue weighted by molar-refractivity contribution is 6.74. The van der Waals surface area contributed by atoms with Crippen molar-refractivity contribution in [3.05, 3.63) is 30.3 Å². The van der Waals surface area contributed by atoms with E-state index in [9.17, 15) is 4.11 Å². The van der Waals surface area contributed by atoms with Crippen molar-refractivity contribution < 1.29 is 4.11 Å². The normalized spacial score (nSPS) is 13.6. The Morgan fingerprint density at radius 3 is 2.06 bits per heavy atom. The lowest BCUT2D eigenvalue weighted by Gasteiger charge is -2.30. The minimum atomic E-state index is -3.02. The number of hydrogen-bond donors (Lipinski definition) is 0. The lowest BCUT2D eigenvalue weighted by Crippen LogP contribution is -2.42. The number of hydrazone groups is 1. The number of anilines is 1. The predicted molar refractivity (Wildman–Crippen MR) is 80.1 cm³/mol. The molecule has 0 heterocycles. The summed E-state index contributed by atoms with van der Waals surface area (Å²) < 4.78 is 16.0. The number of rotatable bonds is 3. The molecule has 0 aromatic heterocycles. The number of para-hydroxylation sites is 1. The van der Waals surface area contributed by atoms with Gasteiger partial charge >= 0.3 is 8.57 Å². The largest absolute Gasteiger partial charge is 0.363 e. The van der Waals surface area contributed by atoms with Crippen LogP contribution in [-0.4, -0.2) is 14.3 Å². The van der Waals surface area contributed by atoms with E-state index in [0.29, 0.717) is 0 Å². The van der Waals surface area contributed by atoms with Gasteiger partial charge in [0, 0.05) is 11.1 Å². The zero-order valence-electron chi connectivity index (χ0n) is 12.2. The summed E-state index contributed by atoms with van der Waals surface area (Å²) in [6, 6.07) is 9.53. The number of hydrogen-bond acceptors (Lipinski definition) is 2. The molecule has 0 bridgehead atoms. The van der Waals surface area contributed by atoms with Crippen LogP contribution < -0.4 is 4.67 Å². The Bertz CT molecular complexity index is 416. The summed E-state index contributed by atoms with van der Waals surface area (Å²) in [4.78, 5) is 0. The lowest BCUT2D eigenvalue weighted by molar-refractivity contribution is 0.584. The Hall–Kier alpha value is -1.16. The Balaban J connectivity index is 3.18. The fourth-order valence-corrected chi connectivity index (χ4v) is 2.50. The van der Waals surface area contributed by atoms with E-state index in [1.54, 1.807) is 17.8 Å². The third-order valence-electron chi connectivity index (χ3n) is 2.84. The molecular formula is C14H23FN2Si. The molecule has 4 heteroatoms. The molecule has 18 heavy (non-hydrogen) atoms. The van der Waals surface area contributed by atoms with Gasteiger partial charge in [0.2, 0.25) is 0 Å². The van der Waals surface area contributed by atoms with Crippen molar-refractivity contribution in [1.29, 1.82) is 0 Å². The standard InChI is InChI=1S/C14H23FN2Si/c1-12(14(2,3)4)16-17(18(5,6)15)13-10-8-7-9-11-13/h7-11H,1-6H3. The molecule has 0 saturated carbocycles. The average molecular weight is 266 g/mol. The predicted octanol–water partition coefficient (Wildman–Crippen LogP) is 4.59. The SMILES string of the molecule is CC(=NN(c1ccccc1)[Si](C)(C)F)C(C)(C)C. The average Bonchev–Trinajstić information content (AvgIpc) is 2.23. The van der Waals surface area contributed by atoms with Crippen molar-refractivity contribution in [2.24, 2.45) is 10.5 Å². The molecule has 0 radical (unpaired) electrons. The maximum atomic E-state index is 14.4. The van der Waals surface area contributed by atoms with Crippen LogP contribution in [0.5, 0.6) is 0 Å². The molecule has 0 aliphatic heterocycles. The molecule has 0 aliphatic rings. The second kappa shape index (κ2) is 5.22. The van der Waals surface area contributed by atoms with Crippen molar-refractivity contribution in [2.45, 2.75) is 40.8 Å². The Labute approximate surface area is 111 Å². The van der Waals surface area contributed by atoms with Crippen LogP contribution in [0.2, 0.25) is 13.1 Å². The van der Waals surface area contributed by atoms with Crippen LogP contribution in [-0.2, 0) is 0 Å². The first-order valence-electron chi connectivity index (χ1n) is 6.22. The van der Waals surface area contributed by atoms with Crippen LogP contribution in [0, 0.1) is 5.41 Å². The molecular weight excluding hydrogens is 243 g/mol. The molecule has 0 fully saturated rings.